The molecule has 0 amide bonds. The fourth-order valence-electron chi connectivity index (χ4n) is 0.636. The van der Waals surface area contributed by atoms with Gasteiger partial charge in [0.05, 0.1) is 5.38 Å². The summed E-state index contributed by atoms with van der Waals surface area (Å²) in [7, 11) is 0. The molecule has 0 saturated heterocycles. The van der Waals surface area contributed by atoms with E-state index in [1.54, 1.807) is 6.92 Å². The Hall–Kier alpha value is -0.220. The van der Waals surface area contributed by atoms with E-state index in [1.165, 1.54) is 25.2 Å². The molecule has 0 spiro atoms. The first kappa shape index (κ1) is 9.86. The first-order valence-corrected chi connectivity index (χ1v) is 4.83. The van der Waals surface area contributed by atoms with Crippen molar-refractivity contribution in [2.75, 3.05) is 0 Å². The fourth-order valence-corrected chi connectivity index (χ4v) is 1.58. The maximum atomic E-state index is 13.3. The van der Waals surface area contributed by atoms with Crippen molar-refractivity contribution < 1.29 is 4.39 Å². The molecule has 5 heteroatoms. The zero-order chi connectivity index (χ0) is 9.35. The number of aromatic nitrogens is 2. The molecule has 0 aliphatic heterocycles. The van der Waals surface area contributed by atoms with Gasteiger partial charge in [-0.2, -0.15) is 0 Å². The Labute approximate surface area is 79.8 Å². The van der Waals surface area contributed by atoms with Crippen LogP contribution in [0.5, 0.6) is 0 Å². The fraction of sp³-hybridized carbons (Fsp3) is 0.714. The van der Waals surface area contributed by atoms with Crippen molar-refractivity contribution in [2.45, 2.75) is 31.8 Å². The first-order valence-electron chi connectivity index (χ1n) is 3.58. The summed E-state index contributed by atoms with van der Waals surface area (Å²) in [4.78, 5) is 0. The van der Waals surface area contributed by atoms with Crippen LogP contribution in [0.25, 0.3) is 0 Å². The molecule has 0 fully saturated rings. The summed E-state index contributed by atoms with van der Waals surface area (Å²) in [6, 6.07) is 0. The van der Waals surface area contributed by atoms with Gasteiger partial charge in [-0.25, -0.2) is 4.39 Å². The molecule has 1 rings (SSSR count). The van der Waals surface area contributed by atoms with Crippen molar-refractivity contribution in [1.82, 2.24) is 10.2 Å². The molecule has 0 aromatic carbocycles. The summed E-state index contributed by atoms with van der Waals surface area (Å²) >= 11 is 6.97. The van der Waals surface area contributed by atoms with E-state index >= 15 is 0 Å². The molecule has 68 valence electrons. The Morgan fingerprint density at radius 3 is 2.33 bits per heavy atom. The van der Waals surface area contributed by atoms with E-state index in [0.29, 0.717) is 10.0 Å². The van der Waals surface area contributed by atoms with Crippen LogP contribution in [0, 0.1) is 0 Å². The highest BCUT2D eigenvalue weighted by molar-refractivity contribution is 7.11. The first-order chi connectivity index (χ1) is 5.41. The number of alkyl halides is 2. The second-order valence-corrected chi connectivity index (χ2v) is 4.70. The molecule has 0 saturated carbocycles. The van der Waals surface area contributed by atoms with Crippen LogP contribution >= 0.6 is 22.9 Å². The van der Waals surface area contributed by atoms with Crippen LogP contribution in [0.4, 0.5) is 4.39 Å². The minimum Gasteiger partial charge on any atom is -0.237 e. The number of hydrogen-bond donors (Lipinski definition) is 0. The second-order valence-electron chi connectivity index (χ2n) is 3.03. The van der Waals surface area contributed by atoms with Gasteiger partial charge in [-0.3, -0.25) is 0 Å². The molecular weight excluding hydrogens is 199 g/mol. The van der Waals surface area contributed by atoms with E-state index in [0.717, 1.165) is 0 Å². The number of hydrogen-bond acceptors (Lipinski definition) is 3. The van der Waals surface area contributed by atoms with Crippen LogP contribution in [0.2, 0.25) is 0 Å². The van der Waals surface area contributed by atoms with E-state index < -0.39 is 5.67 Å². The molecule has 2 nitrogen and oxygen atoms in total. The van der Waals surface area contributed by atoms with E-state index in [4.69, 9.17) is 11.6 Å². The van der Waals surface area contributed by atoms with Gasteiger partial charge < -0.3 is 0 Å². The molecule has 0 radical (unpaired) electrons. The summed E-state index contributed by atoms with van der Waals surface area (Å²) < 4.78 is 13.3. The van der Waals surface area contributed by atoms with Crippen LogP contribution < -0.4 is 0 Å². The Balaban J connectivity index is 2.92. The van der Waals surface area contributed by atoms with Crippen LogP contribution in [0.1, 0.15) is 36.2 Å². The zero-order valence-electron chi connectivity index (χ0n) is 7.14. The molecule has 12 heavy (non-hydrogen) atoms. The number of halogens is 2. The standard InChI is InChI=1S/C7H10ClFN2S/c1-4(8)5-10-11-6(12-5)7(2,3)9/h4H,1-3H3. The molecule has 1 atom stereocenters. The maximum absolute atomic E-state index is 13.3. The molecular formula is C7H10ClFN2S. The molecule has 1 heterocycles. The second kappa shape index (κ2) is 3.26. The van der Waals surface area contributed by atoms with Crippen molar-refractivity contribution in [2.24, 2.45) is 0 Å². The van der Waals surface area contributed by atoms with E-state index in [1.807, 2.05) is 0 Å². The van der Waals surface area contributed by atoms with Crippen molar-refractivity contribution >= 4 is 22.9 Å². The molecule has 0 aliphatic carbocycles. The van der Waals surface area contributed by atoms with Gasteiger partial charge in [-0.15, -0.1) is 21.8 Å². The van der Waals surface area contributed by atoms with Gasteiger partial charge in [-0.05, 0) is 20.8 Å². The zero-order valence-corrected chi connectivity index (χ0v) is 8.71. The Bertz CT molecular complexity index is 267. The minimum atomic E-state index is -1.41. The summed E-state index contributed by atoms with van der Waals surface area (Å²) in [5.41, 5.74) is -1.41. The van der Waals surface area contributed by atoms with Crippen LogP contribution in [0.3, 0.4) is 0 Å². The number of rotatable bonds is 2. The molecule has 1 aromatic rings. The van der Waals surface area contributed by atoms with Crippen molar-refractivity contribution in [3.63, 3.8) is 0 Å². The third-order valence-corrected chi connectivity index (χ3v) is 3.03. The predicted molar refractivity (Wildman–Crippen MR) is 48.3 cm³/mol. The van der Waals surface area contributed by atoms with Crippen LogP contribution in [0.15, 0.2) is 0 Å². The number of nitrogens with zero attached hydrogens (tertiary/aromatic N) is 2. The monoisotopic (exact) mass is 208 g/mol. The van der Waals surface area contributed by atoms with Gasteiger partial charge in [0.15, 0.2) is 10.7 Å². The Morgan fingerprint density at radius 2 is 2.08 bits per heavy atom. The van der Waals surface area contributed by atoms with Crippen LogP contribution in [-0.4, -0.2) is 10.2 Å². The topological polar surface area (TPSA) is 25.8 Å². The lowest BCUT2D eigenvalue weighted by atomic mass is 10.2. The largest absolute Gasteiger partial charge is 0.237 e. The van der Waals surface area contributed by atoms with E-state index in [-0.39, 0.29) is 5.38 Å². The molecule has 0 aliphatic rings. The molecule has 0 bridgehead atoms. The third kappa shape index (κ3) is 2.14. The SMILES string of the molecule is CC(Cl)c1nnc(C(C)(C)F)s1. The van der Waals surface area contributed by atoms with Gasteiger partial charge in [0.25, 0.3) is 0 Å². The maximum Gasteiger partial charge on any atom is 0.158 e. The quantitative estimate of drug-likeness (QED) is 0.699. The minimum absolute atomic E-state index is 0.196. The summed E-state index contributed by atoms with van der Waals surface area (Å²) in [5.74, 6) is 0. The molecule has 1 aromatic heterocycles. The van der Waals surface area contributed by atoms with Gasteiger partial charge in [-0.1, -0.05) is 11.3 Å². The molecule has 0 N–H and O–H groups in total. The highest BCUT2D eigenvalue weighted by atomic mass is 35.5. The van der Waals surface area contributed by atoms with E-state index in [9.17, 15) is 4.39 Å². The van der Waals surface area contributed by atoms with Gasteiger partial charge in [0.1, 0.15) is 5.01 Å². The van der Waals surface area contributed by atoms with Crippen molar-refractivity contribution in [3.8, 4) is 0 Å². The smallest absolute Gasteiger partial charge is 0.158 e. The average Bonchev–Trinajstić information content (AvgIpc) is 2.30. The summed E-state index contributed by atoms with van der Waals surface area (Å²) in [6.45, 7) is 4.70. The van der Waals surface area contributed by atoms with Crippen molar-refractivity contribution in [3.05, 3.63) is 10.0 Å². The Morgan fingerprint density at radius 1 is 1.50 bits per heavy atom. The van der Waals surface area contributed by atoms with Crippen LogP contribution in [-0.2, 0) is 5.67 Å². The van der Waals surface area contributed by atoms with Gasteiger partial charge in [0.2, 0.25) is 0 Å². The van der Waals surface area contributed by atoms with Gasteiger partial charge >= 0.3 is 0 Å². The van der Waals surface area contributed by atoms with E-state index in [2.05, 4.69) is 10.2 Å². The normalized spacial score (nSPS) is 14.8. The lowest BCUT2D eigenvalue weighted by molar-refractivity contribution is 0.219. The van der Waals surface area contributed by atoms with Gasteiger partial charge in [0, 0.05) is 0 Å². The average molecular weight is 209 g/mol. The predicted octanol–water partition coefficient (Wildman–Crippen LogP) is 3.04. The van der Waals surface area contributed by atoms with Crippen molar-refractivity contribution in [1.29, 1.82) is 0 Å². The lowest BCUT2D eigenvalue weighted by Gasteiger charge is -2.07. The third-order valence-electron chi connectivity index (χ3n) is 1.29. The summed E-state index contributed by atoms with van der Waals surface area (Å²) in [5, 5.41) is 8.34. The highest BCUT2D eigenvalue weighted by Gasteiger charge is 2.24. The Kier molecular flexibility index (Phi) is 2.68. The molecule has 1 unspecified atom stereocenters. The summed E-state index contributed by atoms with van der Waals surface area (Å²) in [6.07, 6.45) is 0. The highest BCUT2D eigenvalue weighted by Crippen LogP contribution is 2.31. The lowest BCUT2D eigenvalue weighted by Crippen LogP contribution is -2.07.